The molecule has 0 radical (unpaired) electrons. The number of rotatable bonds is 6. The fraction of sp³-hybridized carbons (Fsp3) is 0.368. The minimum atomic E-state index is -0.0188. The van der Waals surface area contributed by atoms with E-state index in [1.807, 2.05) is 35.2 Å². The van der Waals surface area contributed by atoms with E-state index in [1.54, 1.807) is 17.1 Å². The molecule has 1 aromatic carbocycles. The summed E-state index contributed by atoms with van der Waals surface area (Å²) in [6.07, 6.45) is 4.88. The van der Waals surface area contributed by atoms with Gasteiger partial charge in [0.05, 0.1) is 0 Å². The number of likely N-dealkylation sites (tertiary alicyclic amines) is 1. The van der Waals surface area contributed by atoms with Gasteiger partial charge in [-0.05, 0) is 25.0 Å². The first-order chi connectivity index (χ1) is 11.2. The molecule has 0 unspecified atom stereocenters. The number of hydrogen-bond donors (Lipinski definition) is 0. The topological polar surface area (TPSA) is 40.6 Å². The predicted molar refractivity (Wildman–Crippen MR) is 92.0 cm³/mol. The zero-order valence-electron chi connectivity index (χ0n) is 13.5. The van der Waals surface area contributed by atoms with Crippen molar-refractivity contribution in [1.82, 2.24) is 9.80 Å². The highest BCUT2D eigenvalue weighted by Gasteiger charge is 2.29. The number of amides is 2. The molecule has 1 aromatic rings. The Balaban J connectivity index is 1.92. The fourth-order valence-electron chi connectivity index (χ4n) is 2.92. The summed E-state index contributed by atoms with van der Waals surface area (Å²) in [6.45, 7) is 9.72. The van der Waals surface area contributed by atoms with Gasteiger partial charge < -0.3 is 9.80 Å². The predicted octanol–water partition coefficient (Wildman–Crippen LogP) is 2.74. The maximum absolute atomic E-state index is 12.6. The van der Waals surface area contributed by atoms with Crippen LogP contribution in [0.3, 0.4) is 0 Å². The number of nitrogens with zero attached hydrogens (tertiary/aromatic N) is 2. The van der Waals surface area contributed by atoms with E-state index >= 15 is 0 Å². The summed E-state index contributed by atoms with van der Waals surface area (Å²) < 4.78 is 0. The van der Waals surface area contributed by atoms with Crippen LogP contribution in [0, 0.1) is 5.92 Å². The quantitative estimate of drug-likeness (QED) is 0.758. The van der Waals surface area contributed by atoms with Crippen molar-refractivity contribution in [3.63, 3.8) is 0 Å². The molecule has 0 bridgehead atoms. The largest absolute Gasteiger partial charge is 0.339 e. The minimum absolute atomic E-state index is 0.0188. The maximum atomic E-state index is 12.6. The SMILES string of the molecule is C=CCN(CC=C)C(=O)C1CCN(C(=O)c2ccccc2)CC1. The van der Waals surface area contributed by atoms with Gasteiger partial charge in [0.1, 0.15) is 0 Å². The Morgan fingerprint density at radius 3 is 2.17 bits per heavy atom. The van der Waals surface area contributed by atoms with E-state index in [4.69, 9.17) is 0 Å². The molecule has 1 heterocycles. The van der Waals surface area contributed by atoms with E-state index < -0.39 is 0 Å². The van der Waals surface area contributed by atoms with E-state index in [0.29, 0.717) is 44.6 Å². The second kappa shape index (κ2) is 8.32. The zero-order valence-corrected chi connectivity index (χ0v) is 13.5. The van der Waals surface area contributed by atoms with Crippen LogP contribution in [0.25, 0.3) is 0 Å². The Morgan fingerprint density at radius 1 is 1.09 bits per heavy atom. The van der Waals surface area contributed by atoms with Crippen LogP contribution in [0.5, 0.6) is 0 Å². The average Bonchev–Trinajstić information content (AvgIpc) is 2.61. The summed E-state index contributed by atoms with van der Waals surface area (Å²) in [6, 6.07) is 9.29. The van der Waals surface area contributed by atoms with Crippen LogP contribution < -0.4 is 0 Å². The van der Waals surface area contributed by atoms with Crippen molar-refractivity contribution in [2.24, 2.45) is 5.92 Å². The second-order valence-corrected chi connectivity index (χ2v) is 5.75. The van der Waals surface area contributed by atoms with Gasteiger partial charge >= 0.3 is 0 Å². The lowest BCUT2D eigenvalue weighted by molar-refractivity contribution is -0.135. The molecule has 23 heavy (non-hydrogen) atoms. The number of hydrogen-bond acceptors (Lipinski definition) is 2. The third-order valence-corrected chi connectivity index (χ3v) is 4.16. The lowest BCUT2D eigenvalue weighted by Gasteiger charge is -2.33. The molecule has 0 aliphatic carbocycles. The zero-order chi connectivity index (χ0) is 16.7. The van der Waals surface area contributed by atoms with E-state index in [9.17, 15) is 9.59 Å². The first-order valence-electron chi connectivity index (χ1n) is 8.02. The van der Waals surface area contributed by atoms with Crippen LogP contribution in [-0.4, -0.2) is 47.8 Å². The molecule has 1 aliphatic heterocycles. The summed E-state index contributed by atoms with van der Waals surface area (Å²) in [5, 5.41) is 0. The molecule has 0 aromatic heterocycles. The van der Waals surface area contributed by atoms with Crippen LogP contribution in [0.15, 0.2) is 55.6 Å². The molecule has 0 N–H and O–H groups in total. The van der Waals surface area contributed by atoms with Gasteiger partial charge in [-0.1, -0.05) is 30.4 Å². The highest BCUT2D eigenvalue weighted by molar-refractivity contribution is 5.94. The monoisotopic (exact) mass is 312 g/mol. The molecule has 0 atom stereocenters. The molecule has 122 valence electrons. The molecule has 0 spiro atoms. The van der Waals surface area contributed by atoms with Crippen LogP contribution in [0.2, 0.25) is 0 Å². The van der Waals surface area contributed by atoms with Gasteiger partial charge in [0, 0.05) is 37.7 Å². The molecule has 0 saturated carbocycles. The third kappa shape index (κ3) is 4.31. The smallest absolute Gasteiger partial charge is 0.253 e. The molecule has 1 saturated heterocycles. The van der Waals surface area contributed by atoms with E-state index in [0.717, 1.165) is 0 Å². The van der Waals surface area contributed by atoms with Gasteiger partial charge in [0.25, 0.3) is 5.91 Å². The summed E-state index contributed by atoms with van der Waals surface area (Å²) in [5.41, 5.74) is 0.706. The van der Waals surface area contributed by atoms with Crippen molar-refractivity contribution < 1.29 is 9.59 Å². The molecule has 1 aliphatic rings. The van der Waals surface area contributed by atoms with Gasteiger partial charge in [-0.2, -0.15) is 0 Å². The number of carbonyl (C=O) groups excluding carboxylic acids is 2. The van der Waals surface area contributed by atoms with Crippen molar-refractivity contribution in [2.45, 2.75) is 12.8 Å². The summed E-state index contributed by atoms with van der Waals surface area (Å²) in [4.78, 5) is 28.6. The van der Waals surface area contributed by atoms with Crippen LogP contribution in [-0.2, 0) is 4.79 Å². The van der Waals surface area contributed by atoms with E-state index in [2.05, 4.69) is 13.2 Å². The lowest BCUT2D eigenvalue weighted by Crippen LogP contribution is -2.44. The highest BCUT2D eigenvalue weighted by Crippen LogP contribution is 2.21. The maximum Gasteiger partial charge on any atom is 0.253 e. The number of benzene rings is 1. The van der Waals surface area contributed by atoms with Crippen molar-refractivity contribution in [3.05, 3.63) is 61.2 Å². The minimum Gasteiger partial charge on any atom is -0.339 e. The van der Waals surface area contributed by atoms with Crippen molar-refractivity contribution in [1.29, 1.82) is 0 Å². The Bertz CT molecular complexity index is 550. The second-order valence-electron chi connectivity index (χ2n) is 5.75. The van der Waals surface area contributed by atoms with Crippen molar-refractivity contribution >= 4 is 11.8 Å². The van der Waals surface area contributed by atoms with Crippen molar-refractivity contribution in [2.75, 3.05) is 26.2 Å². The molecular formula is C19H24N2O2. The molecule has 2 amide bonds. The highest BCUT2D eigenvalue weighted by atomic mass is 16.2. The van der Waals surface area contributed by atoms with E-state index in [-0.39, 0.29) is 17.7 Å². The summed E-state index contributed by atoms with van der Waals surface area (Å²) >= 11 is 0. The summed E-state index contributed by atoms with van der Waals surface area (Å²) in [7, 11) is 0. The number of carbonyl (C=O) groups is 2. The Hall–Kier alpha value is -2.36. The van der Waals surface area contributed by atoms with Gasteiger partial charge in [-0.3, -0.25) is 9.59 Å². The van der Waals surface area contributed by atoms with Crippen molar-refractivity contribution in [3.8, 4) is 0 Å². The standard InChI is InChI=1S/C19H24N2O2/c1-3-12-20(13-4-2)19(23)17-10-14-21(15-11-17)18(22)16-8-6-5-7-9-16/h3-9,17H,1-2,10-15H2. The fourth-order valence-corrected chi connectivity index (χ4v) is 2.92. The van der Waals surface area contributed by atoms with Gasteiger partial charge in [0.2, 0.25) is 5.91 Å². The summed E-state index contributed by atoms with van der Waals surface area (Å²) in [5.74, 6) is 0.164. The first kappa shape index (κ1) is 17.0. The molecule has 1 fully saturated rings. The van der Waals surface area contributed by atoms with E-state index in [1.165, 1.54) is 0 Å². The van der Waals surface area contributed by atoms with Gasteiger partial charge in [-0.15, -0.1) is 13.2 Å². The molecule has 4 heteroatoms. The number of piperidine rings is 1. The van der Waals surface area contributed by atoms with Crippen LogP contribution in [0.4, 0.5) is 0 Å². The lowest BCUT2D eigenvalue weighted by atomic mass is 9.94. The third-order valence-electron chi connectivity index (χ3n) is 4.16. The average molecular weight is 312 g/mol. The van der Waals surface area contributed by atoms with Crippen LogP contribution in [0.1, 0.15) is 23.2 Å². The van der Waals surface area contributed by atoms with Crippen LogP contribution >= 0.6 is 0 Å². The Morgan fingerprint density at radius 2 is 1.65 bits per heavy atom. The first-order valence-corrected chi connectivity index (χ1v) is 8.02. The molecular weight excluding hydrogens is 288 g/mol. The molecule has 4 nitrogen and oxygen atoms in total. The molecule has 2 rings (SSSR count). The Kier molecular flexibility index (Phi) is 6.15. The normalized spacial score (nSPS) is 15.0. The van der Waals surface area contributed by atoms with Gasteiger partial charge in [-0.25, -0.2) is 0 Å². The Labute approximate surface area is 138 Å². The van der Waals surface area contributed by atoms with Gasteiger partial charge in [0.15, 0.2) is 0 Å².